The minimum absolute atomic E-state index is 0.0318. The maximum Gasteiger partial charge on any atom is 0.407 e. The Hall–Kier alpha value is -3.35. The average molecular weight is 420 g/mol. The van der Waals surface area contributed by atoms with E-state index < -0.39 is 12.1 Å². The van der Waals surface area contributed by atoms with Gasteiger partial charge in [0, 0.05) is 19.0 Å². The lowest BCUT2D eigenvalue weighted by molar-refractivity contribution is -0.139. The summed E-state index contributed by atoms with van der Waals surface area (Å²) in [6, 6.07) is 16.2. The van der Waals surface area contributed by atoms with Crippen molar-refractivity contribution in [3.8, 4) is 11.1 Å². The van der Waals surface area contributed by atoms with Crippen molar-refractivity contribution in [3.63, 3.8) is 0 Å². The number of likely N-dealkylation sites (tertiary alicyclic amines) is 1. The number of carboxylic acid groups (broad SMARTS) is 1. The van der Waals surface area contributed by atoms with Crippen molar-refractivity contribution >= 4 is 18.0 Å². The summed E-state index contributed by atoms with van der Waals surface area (Å²) in [6.45, 7) is 1.04. The maximum absolute atomic E-state index is 12.4. The van der Waals surface area contributed by atoms with Crippen LogP contribution in [-0.4, -0.2) is 54.2 Å². The Kier molecular flexibility index (Phi) is 4.88. The van der Waals surface area contributed by atoms with E-state index >= 15 is 0 Å². The number of piperidine rings is 1. The Balaban J connectivity index is 1.14. The van der Waals surface area contributed by atoms with Crippen LogP contribution < -0.4 is 5.32 Å². The fraction of sp³-hybridized carbons (Fsp3) is 0.375. The Morgan fingerprint density at radius 1 is 1.00 bits per heavy atom. The summed E-state index contributed by atoms with van der Waals surface area (Å²) in [5, 5.41) is 11.7. The number of benzene rings is 2. The number of nitrogens with one attached hydrogen (secondary N) is 1. The summed E-state index contributed by atoms with van der Waals surface area (Å²) in [5.74, 6) is -1.10. The smallest absolute Gasteiger partial charge is 0.407 e. The number of carboxylic acids is 1. The Bertz CT molecular complexity index is 1010. The fourth-order valence-electron chi connectivity index (χ4n) is 5.24. The molecule has 31 heavy (non-hydrogen) atoms. The van der Waals surface area contributed by atoms with Gasteiger partial charge in [0.1, 0.15) is 13.2 Å². The molecule has 0 radical (unpaired) electrons. The highest BCUT2D eigenvalue weighted by Crippen LogP contribution is 2.51. The molecule has 2 fully saturated rings. The van der Waals surface area contributed by atoms with Crippen molar-refractivity contribution in [1.82, 2.24) is 10.2 Å². The molecule has 0 bridgehead atoms. The number of fused-ring (bicyclic) bond motifs is 4. The molecule has 1 saturated heterocycles. The minimum Gasteiger partial charge on any atom is -0.481 e. The molecule has 3 unspecified atom stereocenters. The Morgan fingerprint density at radius 3 is 2.29 bits per heavy atom. The van der Waals surface area contributed by atoms with Gasteiger partial charge in [-0.2, -0.15) is 0 Å². The number of alkyl carbamates (subject to hydrolysis) is 1. The van der Waals surface area contributed by atoms with E-state index in [1.54, 1.807) is 4.90 Å². The zero-order valence-corrected chi connectivity index (χ0v) is 17.0. The molecule has 1 saturated carbocycles. The Labute approximate surface area is 180 Å². The van der Waals surface area contributed by atoms with Crippen molar-refractivity contribution in [2.24, 2.45) is 17.8 Å². The van der Waals surface area contributed by atoms with E-state index in [2.05, 4.69) is 29.6 Å². The van der Waals surface area contributed by atoms with E-state index in [4.69, 9.17) is 4.74 Å². The third-order valence-corrected chi connectivity index (χ3v) is 6.86. The second kappa shape index (κ2) is 7.72. The lowest BCUT2D eigenvalue weighted by atomic mass is 9.98. The number of hydrogen-bond acceptors (Lipinski definition) is 4. The second-order valence-electron chi connectivity index (χ2n) is 8.50. The van der Waals surface area contributed by atoms with E-state index in [1.807, 2.05) is 24.3 Å². The summed E-state index contributed by atoms with van der Waals surface area (Å²) in [7, 11) is 0. The van der Waals surface area contributed by atoms with E-state index in [1.165, 1.54) is 0 Å². The monoisotopic (exact) mass is 420 g/mol. The molecule has 0 spiro atoms. The summed E-state index contributed by atoms with van der Waals surface area (Å²) in [6.07, 6.45) is 0.0816. The highest BCUT2D eigenvalue weighted by atomic mass is 16.5. The lowest BCUT2D eigenvalue weighted by Gasteiger charge is -2.26. The highest BCUT2D eigenvalue weighted by molar-refractivity contribution is 5.83. The van der Waals surface area contributed by atoms with Gasteiger partial charge in [0.15, 0.2) is 0 Å². The molecule has 1 aliphatic heterocycles. The minimum atomic E-state index is -0.777. The van der Waals surface area contributed by atoms with Crippen LogP contribution in [0.1, 0.15) is 23.5 Å². The van der Waals surface area contributed by atoms with Gasteiger partial charge in [-0.25, -0.2) is 4.79 Å². The molecule has 0 aromatic heterocycles. The SMILES string of the molecule is O=C(NCC(=O)N1CCC2C(C1)C2C(=O)O)OCC1c2ccccc2-c2ccccc21. The van der Waals surface area contributed by atoms with Crippen LogP contribution in [0.3, 0.4) is 0 Å². The first-order valence-electron chi connectivity index (χ1n) is 10.6. The summed E-state index contributed by atoms with van der Waals surface area (Å²) in [5.41, 5.74) is 4.58. The molecular formula is C24H24N2O5. The summed E-state index contributed by atoms with van der Waals surface area (Å²) < 4.78 is 5.46. The number of nitrogens with zero attached hydrogens (tertiary/aromatic N) is 1. The molecule has 160 valence electrons. The van der Waals surface area contributed by atoms with Crippen molar-refractivity contribution in [1.29, 1.82) is 0 Å². The molecule has 5 rings (SSSR count). The van der Waals surface area contributed by atoms with Gasteiger partial charge < -0.3 is 20.1 Å². The first-order valence-corrected chi connectivity index (χ1v) is 10.6. The Morgan fingerprint density at radius 2 is 1.65 bits per heavy atom. The van der Waals surface area contributed by atoms with Gasteiger partial charge in [-0.1, -0.05) is 48.5 Å². The zero-order chi connectivity index (χ0) is 21.5. The van der Waals surface area contributed by atoms with Crippen molar-refractivity contribution < 1.29 is 24.2 Å². The standard InChI is InChI=1S/C24H24N2O5/c27-21(26-10-9-18-19(12-26)22(18)23(28)29)11-25-24(30)31-13-20-16-7-3-1-5-14(16)15-6-2-4-8-17(15)20/h1-8,18-20,22H,9-13H2,(H,25,30)(H,28,29). The van der Waals surface area contributed by atoms with Crippen molar-refractivity contribution in [3.05, 3.63) is 59.7 Å². The van der Waals surface area contributed by atoms with E-state index in [0.717, 1.165) is 22.3 Å². The first kappa shape index (κ1) is 19.6. The highest BCUT2D eigenvalue weighted by Gasteiger charge is 2.57. The number of amides is 2. The quantitative estimate of drug-likeness (QED) is 0.775. The average Bonchev–Trinajstić information content (AvgIpc) is 3.43. The predicted octanol–water partition coefficient (Wildman–Crippen LogP) is 2.70. The lowest BCUT2D eigenvalue weighted by Crippen LogP contribution is -2.43. The molecule has 2 aliphatic carbocycles. The molecule has 7 nitrogen and oxygen atoms in total. The van der Waals surface area contributed by atoms with Gasteiger partial charge in [0.2, 0.25) is 5.91 Å². The number of carbonyl (C=O) groups excluding carboxylic acids is 2. The van der Waals surface area contributed by atoms with Gasteiger partial charge in [0.05, 0.1) is 5.92 Å². The molecular weight excluding hydrogens is 396 g/mol. The molecule has 7 heteroatoms. The number of rotatable bonds is 5. The second-order valence-corrected chi connectivity index (χ2v) is 8.50. The van der Waals surface area contributed by atoms with Crippen LogP contribution in [-0.2, 0) is 14.3 Å². The van der Waals surface area contributed by atoms with Crippen LogP contribution in [0, 0.1) is 17.8 Å². The van der Waals surface area contributed by atoms with Crippen LogP contribution in [0.25, 0.3) is 11.1 Å². The fourth-order valence-corrected chi connectivity index (χ4v) is 5.24. The first-order chi connectivity index (χ1) is 15.0. The van der Waals surface area contributed by atoms with E-state index in [0.29, 0.717) is 19.5 Å². The largest absolute Gasteiger partial charge is 0.481 e. The van der Waals surface area contributed by atoms with Crippen LogP contribution in [0.15, 0.2) is 48.5 Å². The third kappa shape index (κ3) is 3.54. The topological polar surface area (TPSA) is 95.9 Å². The molecule has 2 N–H and O–H groups in total. The number of carbonyl (C=O) groups is 3. The number of aliphatic carboxylic acids is 1. The molecule has 3 aliphatic rings. The van der Waals surface area contributed by atoms with Crippen LogP contribution in [0.4, 0.5) is 4.79 Å². The molecule has 2 amide bonds. The van der Waals surface area contributed by atoms with Crippen LogP contribution in [0.2, 0.25) is 0 Å². The molecule has 3 atom stereocenters. The van der Waals surface area contributed by atoms with Crippen molar-refractivity contribution in [2.45, 2.75) is 12.3 Å². The van der Waals surface area contributed by atoms with Crippen LogP contribution >= 0.6 is 0 Å². The molecule has 2 aromatic carbocycles. The predicted molar refractivity (Wildman–Crippen MR) is 112 cm³/mol. The van der Waals surface area contributed by atoms with Gasteiger partial charge in [0.25, 0.3) is 0 Å². The molecule has 1 heterocycles. The normalized spacial score (nSPS) is 23.4. The van der Waals surface area contributed by atoms with Crippen molar-refractivity contribution in [2.75, 3.05) is 26.2 Å². The van der Waals surface area contributed by atoms with E-state index in [9.17, 15) is 19.5 Å². The summed E-state index contributed by atoms with van der Waals surface area (Å²) in [4.78, 5) is 37.5. The third-order valence-electron chi connectivity index (χ3n) is 6.86. The number of hydrogen-bond donors (Lipinski definition) is 2. The van der Waals surface area contributed by atoms with Gasteiger partial charge in [-0.3, -0.25) is 9.59 Å². The van der Waals surface area contributed by atoms with Gasteiger partial charge in [-0.15, -0.1) is 0 Å². The summed E-state index contributed by atoms with van der Waals surface area (Å²) >= 11 is 0. The van der Waals surface area contributed by atoms with Gasteiger partial charge in [-0.05, 0) is 40.5 Å². The maximum atomic E-state index is 12.4. The van der Waals surface area contributed by atoms with Gasteiger partial charge >= 0.3 is 12.1 Å². The van der Waals surface area contributed by atoms with Crippen LogP contribution in [0.5, 0.6) is 0 Å². The van der Waals surface area contributed by atoms with E-state index in [-0.39, 0.29) is 42.7 Å². The molecule has 2 aromatic rings. The number of ether oxygens (including phenoxy) is 1. The zero-order valence-electron chi connectivity index (χ0n) is 17.0.